The van der Waals surface area contributed by atoms with Gasteiger partial charge in [0.05, 0.1) is 5.56 Å². The molecule has 0 aliphatic carbocycles. The van der Waals surface area contributed by atoms with Gasteiger partial charge >= 0.3 is 12.1 Å². The molecular weight excluding hydrogens is 237 g/mol. The Morgan fingerprint density at radius 3 is 2.53 bits per heavy atom. The summed E-state index contributed by atoms with van der Waals surface area (Å²) in [7, 11) is 0. The Morgan fingerprint density at radius 1 is 1.35 bits per heavy atom. The highest BCUT2D eigenvalue weighted by Crippen LogP contribution is 2.29. The lowest BCUT2D eigenvalue weighted by atomic mass is 10.0. The number of hydrogen-bond donors (Lipinski definition) is 2. The van der Waals surface area contributed by atoms with E-state index in [-0.39, 0.29) is 12.8 Å². The zero-order chi connectivity index (χ0) is 13.1. The number of alkyl halides is 3. The minimum absolute atomic E-state index is 0.0807. The third-order valence-electron chi connectivity index (χ3n) is 2.25. The summed E-state index contributed by atoms with van der Waals surface area (Å²) in [6.07, 6.45) is -6.00. The fourth-order valence-electron chi connectivity index (χ4n) is 1.33. The smallest absolute Gasteiger partial charge is 0.416 e. The maximum atomic E-state index is 12.4. The molecule has 0 aliphatic rings. The molecule has 0 spiro atoms. The van der Waals surface area contributed by atoms with Crippen LogP contribution in [0.4, 0.5) is 13.2 Å². The SMILES string of the molecule is O=C(O)C(O)CCc1cccc(C(F)(F)F)c1. The second kappa shape index (κ2) is 5.18. The number of aliphatic hydroxyl groups is 1. The van der Waals surface area contributed by atoms with Crippen LogP contribution in [0.5, 0.6) is 0 Å². The van der Waals surface area contributed by atoms with E-state index in [1.165, 1.54) is 12.1 Å². The van der Waals surface area contributed by atoms with Gasteiger partial charge < -0.3 is 10.2 Å². The first-order valence-corrected chi connectivity index (χ1v) is 4.87. The van der Waals surface area contributed by atoms with E-state index >= 15 is 0 Å². The number of aliphatic hydroxyl groups excluding tert-OH is 1. The van der Waals surface area contributed by atoms with Crippen molar-refractivity contribution < 1.29 is 28.2 Å². The van der Waals surface area contributed by atoms with Crippen LogP contribution < -0.4 is 0 Å². The predicted octanol–water partition coefficient (Wildman–Crippen LogP) is 2.08. The van der Waals surface area contributed by atoms with E-state index in [4.69, 9.17) is 10.2 Å². The van der Waals surface area contributed by atoms with Crippen molar-refractivity contribution in [2.75, 3.05) is 0 Å². The van der Waals surface area contributed by atoms with Gasteiger partial charge in [0.1, 0.15) is 0 Å². The van der Waals surface area contributed by atoms with Gasteiger partial charge in [0, 0.05) is 0 Å². The topological polar surface area (TPSA) is 57.5 Å². The number of aliphatic carboxylic acids is 1. The van der Waals surface area contributed by atoms with Crippen molar-refractivity contribution in [3.8, 4) is 0 Å². The monoisotopic (exact) mass is 248 g/mol. The summed E-state index contributed by atoms with van der Waals surface area (Å²) in [5.74, 6) is -1.38. The van der Waals surface area contributed by atoms with Gasteiger partial charge in [-0.1, -0.05) is 18.2 Å². The standard InChI is InChI=1S/C11H11F3O3/c12-11(13,14)8-3-1-2-7(6-8)4-5-9(15)10(16)17/h1-3,6,9,15H,4-5H2,(H,16,17). The fourth-order valence-corrected chi connectivity index (χ4v) is 1.33. The first-order valence-electron chi connectivity index (χ1n) is 4.87. The molecule has 1 rings (SSSR count). The van der Waals surface area contributed by atoms with E-state index in [1.807, 2.05) is 0 Å². The average Bonchev–Trinajstić information content (AvgIpc) is 2.25. The molecule has 1 aromatic rings. The second-order valence-corrected chi connectivity index (χ2v) is 3.59. The number of carboxylic acids is 1. The van der Waals surface area contributed by atoms with Crippen molar-refractivity contribution in [3.05, 3.63) is 35.4 Å². The lowest BCUT2D eigenvalue weighted by molar-refractivity contribution is -0.147. The summed E-state index contributed by atoms with van der Waals surface area (Å²) in [5, 5.41) is 17.4. The zero-order valence-corrected chi connectivity index (χ0v) is 8.74. The number of aryl methyl sites for hydroxylation is 1. The maximum absolute atomic E-state index is 12.4. The molecule has 0 aromatic heterocycles. The Kier molecular flexibility index (Phi) is 4.11. The van der Waals surface area contributed by atoms with Gasteiger partial charge in [-0.05, 0) is 24.5 Å². The normalized spacial score (nSPS) is 13.4. The highest BCUT2D eigenvalue weighted by atomic mass is 19.4. The molecule has 0 aliphatic heterocycles. The number of rotatable bonds is 4. The van der Waals surface area contributed by atoms with Crippen molar-refractivity contribution in [1.29, 1.82) is 0 Å². The van der Waals surface area contributed by atoms with Crippen LogP contribution in [0.25, 0.3) is 0 Å². The highest BCUT2D eigenvalue weighted by molar-refractivity contribution is 5.71. The van der Waals surface area contributed by atoms with Gasteiger partial charge in [0.25, 0.3) is 0 Å². The Balaban J connectivity index is 2.70. The molecule has 0 amide bonds. The third-order valence-corrected chi connectivity index (χ3v) is 2.25. The molecule has 6 heteroatoms. The van der Waals surface area contributed by atoms with E-state index < -0.39 is 23.8 Å². The van der Waals surface area contributed by atoms with E-state index in [1.54, 1.807) is 0 Å². The van der Waals surface area contributed by atoms with Crippen molar-refractivity contribution in [2.45, 2.75) is 25.1 Å². The average molecular weight is 248 g/mol. The van der Waals surface area contributed by atoms with Crippen LogP contribution in [0.15, 0.2) is 24.3 Å². The molecule has 3 nitrogen and oxygen atoms in total. The van der Waals surface area contributed by atoms with Crippen LogP contribution in [0.1, 0.15) is 17.5 Å². The minimum Gasteiger partial charge on any atom is -0.479 e. The van der Waals surface area contributed by atoms with Crippen molar-refractivity contribution in [2.24, 2.45) is 0 Å². The number of benzene rings is 1. The first kappa shape index (κ1) is 13.5. The van der Waals surface area contributed by atoms with Crippen LogP contribution in [0, 0.1) is 0 Å². The molecule has 1 atom stereocenters. The summed E-state index contributed by atoms with van der Waals surface area (Å²) in [6, 6.07) is 4.61. The van der Waals surface area contributed by atoms with Crippen molar-refractivity contribution in [3.63, 3.8) is 0 Å². The van der Waals surface area contributed by atoms with E-state index in [9.17, 15) is 18.0 Å². The lowest BCUT2D eigenvalue weighted by Crippen LogP contribution is -2.20. The Labute approximate surface area is 95.5 Å². The third kappa shape index (κ3) is 4.07. The predicted molar refractivity (Wildman–Crippen MR) is 53.4 cm³/mol. The van der Waals surface area contributed by atoms with Gasteiger partial charge in [0.2, 0.25) is 0 Å². The Morgan fingerprint density at radius 2 is 2.00 bits per heavy atom. The molecule has 0 heterocycles. The number of carbonyl (C=O) groups is 1. The quantitative estimate of drug-likeness (QED) is 0.857. The van der Waals surface area contributed by atoms with E-state index in [0.717, 1.165) is 12.1 Å². The van der Waals surface area contributed by atoms with Crippen LogP contribution in [-0.2, 0) is 17.4 Å². The highest BCUT2D eigenvalue weighted by Gasteiger charge is 2.30. The molecule has 1 unspecified atom stereocenters. The van der Waals surface area contributed by atoms with Gasteiger partial charge in [-0.15, -0.1) is 0 Å². The first-order chi connectivity index (χ1) is 7.80. The maximum Gasteiger partial charge on any atom is 0.416 e. The molecule has 2 N–H and O–H groups in total. The lowest BCUT2D eigenvalue weighted by Gasteiger charge is -2.09. The van der Waals surface area contributed by atoms with Gasteiger partial charge in [-0.2, -0.15) is 13.2 Å². The molecule has 0 saturated carbocycles. The summed E-state index contributed by atoms with van der Waals surface area (Å²) in [6.45, 7) is 0. The van der Waals surface area contributed by atoms with Crippen LogP contribution in [0.2, 0.25) is 0 Å². The largest absolute Gasteiger partial charge is 0.479 e. The number of hydrogen-bond acceptors (Lipinski definition) is 2. The molecule has 0 bridgehead atoms. The molecule has 1 aromatic carbocycles. The summed E-state index contributed by atoms with van der Waals surface area (Å²) in [5.41, 5.74) is -0.431. The molecule has 0 saturated heterocycles. The van der Waals surface area contributed by atoms with Crippen molar-refractivity contribution >= 4 is 5.97 Å². The zero-order valence-electron chi connectivity index (χ0n) is 8.74. The van der Waals surface area contributed by atoms with E-state index in [2.05, 4.69) is 0 Å². The number of halogens is 3. The molecule has 94 valence electrons. The van der Waals surface area contributed by atoms with Crippen LogP contribution in [0.3, 0.4) is 0 Å². The van der Waals surface area contributed by atoms with Crippen molar-refractivity contribution in [1.82, 2.24) is 0 Å². The molecule has 0 fully saturated rings. The molecule has 0 radical (unpaired) electrons. The molecule has 17 heavy (non-hydrogen) atoms. The van der Waals surface area contributed by atoms with Gasteiger partial charge in [-0.3, -0.25) is 0 Å². The van der Waals surface area contributed by atoms with Gasteiger partial charge in [0.15, 0.2) is 6.10 Å². The Hall–Kier alpha value is -1.56. The molecular formula is C11H11F3O3. The number of carboxylic acid groups (broad SMARTS) is 1. The Bertz CT molecular complexity index is 401. The summed E-state index contributed by atoms with van der Waals surface area (Å²) < 4.78 is 37.1. The van der Waals surface area contributed by atoms with Gasteiger partial charge in [-0.25, -0.2) is 4.79 Å². The minimum atomic E-state index is -4.42. The van der Waals surface area contributed by atoms with E-state index in [0.29, 0.717) is 5.56 Å². The second-order valence-electron chi connectivity index (χ2n) is 3.59. The van der Waals surface area contributed by atoms with Crippen LogP contribution >= 0.6 is 0 Å². The van der Waals surface area contributed by atoms with Crippen LogP contribution in [-0.4, -0.2) is 22.3 Å². The summed E-state index contributed by atoms with van der Waals surface area (Å²) in [4.78, 5) is 10.3. The summed E-state index contributed by atoms with van der Waals surface area (Å²) >= 11 is 0. The fraction of sp³-hybridized carbons (Fsp3) is 0.364.